The SMILES string of the molecule is CCOC(=O)N1C2CCC1CC(N1CCN(c3nc(C(F)(F)F)ccc3C#N)CC1)C2. The first kappa shape index (κ1) is 21.7. The van der Waals surface area contributed by atoms with E-state index in [9.17, 15) is 23.2 Å². The quantitative estimate of drug-likeness (QED) is 0.723. The van der Waals surface area contributed by atoms with Crippen molar-refractivity contribution in [3.63, 3.8) is 0 Å². The van der Waals surface area contributed by atoms with E-state index in [0.29, 0.717) is 38.8 Å². The summed E-state index contributed by atoms with van der Waals surface area (Å²) in [5.41, 5.74) is -0.825. The molecule has 7 nitrogen and oxygen atoms in total. The number of nitriles is 1. The Morgan fingerprint density at radius 3 is 2.35 bits per heavy atom. The van der Waals surface area contributed by atoms with Gasteiger partial charge >= 0.3 is 12.3 Å². The number of ether oxygens (including phenoxy) is 1. The van der Waals surface area contributed by atoms with Crippen LogP contribution in [0.1, 0.15) is 43.9 Å². The Morgan fingerprint density at radius 2 is 1.81 bits per heavy atom. The molecule has 10 heteroatoms. The number of piperazine rings is 1. The maximum Gasteiger partial charge on any atom is 0.433 e. The van der Waals surface area contributed by atoms with E-state index >= 15 is 0 Å². The van der Waals surface area contributed by atoms with E-state index in [1.54, 1.807) is 4.90 Å². The summed E-state index contributed by atoms with van der Waals surface area (Å²) < 4.78 is 44.5. The number of rotatable bonds is 3. The molecule has 31 heavy (non-hydrogen) atoms. The van der Waals surface area contributed by atoms with Crippen LogP contribution in [0, 0.1) is 11.3 Å². The molecule has 3 saturated heterocycles. The molecule has 4 rings (SSSR count). The number of carbonyl (C=O) groups excluding carboxylic acids is 1. The first-order valence-electron chi connectivity index (χ1n) is 10.7. The van der Waals surface area contributed by atoms with Gasteiger partial charge in [0.1, 0.15) is 17.6 Å². The second-order valence-electron chi connectivity index (χ2n) is 8.32. The Balaban J connectivity index is 1.40. The number of amides is 1. The zero-order chi connectivity index (χ0) is 22.2. The van der Waals surface area contributed by atoms with Crippen LogP contribution in [0.4, 0.5) is 23.8 Å². The molecule has 2 bridgehead atoms. The highest BCUT2D eigenvalue weighted by atomic mass is 19.4. The van der Waals surface area contributed by atoms with Gasteiger partial charge in [0.05, 0.1) is 12.2 Å². The molecule has 3 fully saturated rings. The van der Waals surface area contributed by atoms with E-state index in [2.05, 4.69) is 9.88 Å². The average Bonchev–Trinajstić information content (AvgIpc) is 3.02. The Morgan fingerprint density at radius 1 is 1.16 bits per heavy atom. The number of nitrogens with zero attached hydrogens (tertiary/aromatic N) is 5. The third-order valence-corrected chi connectivity index (χ3v) is 6.60. The van der Waals surface area contributed by atoms with Crippen molar-refractivity contribution in [2.75, 3.05) is 37.7 Å². The summed E-state index contributed by atoms with van der Waals surface area (Å²) in [6.07, 6.45) is -1.02. The lowest BCUT2D eigenvalue weighted by Crippen LogP contribution is -2.57. The van der Waals surface area contributed by atoms with E-state index in [1.165, 1.54) is 6.07 Å². The van der Waals surface area contributed by atoms with Gasteiger partial charge in [0.2, 0.25) is 0 Å². The fourth-order valence-electron chi connectivity index (χ4n) is 5.18. The van der Waals surface area contributed by atoms with Crippen LogP contribution in [0.25, 0.3) is 0 Å². The van der Waals surface area contributed by atoms with Crippen molar-refractivity contribution in [2.45, 2.75) is 56.9 Å². The number of halogens is 3. The summed E-state index contributed by atoms with van der Waals surface area (Å²) in [7, 11) is 0. The Labute approximate surface area is 179 Å². The van der Waals surface area contributed by atoms with Gasteiger partial charge in [-0.2, -0.15) is 18.4 Å². The van der Waals surface area contributed by atoms with Crippen molar-refractivity contribution in [3.8, 4) is 6.07 Å². The van der Waals surface area contributed by atoms with Gasteiger partial charge in [0.25, 0.3) is 0 Å². The normalized spacial score (nSPS) is 26.6. The number of alkyl halides is 3. The zero-order valence-electron chi connectivity index (χ0n) is 17.4. The van der Waals surface area contributed by atoms with Gasteiger partial charge in [-0.05, 0) is 44.7 Å². The molecule has 0 spiro atoms. The van der Waals surface area contributed by atoms with Crippen molar-refractivity contribution in [3.05, 3.63) is 23.4 Å². The van der Waals surface area contributed by atoms with E-state index < -0.39 is 11.9 Å². The highest BCUT2D eigenvalue weighted by Gasteiger charge is 2.45. The first-order valence-corrected chi connectivity index (χ1v) is 10.7. The number of fused-ring (bicyclic) bond motifs is 2. The van der Waals surface area contributed by atoms with Gasteiger partial charge < -0.3 is 14.5 Å². The van der Waals surface area contributed by atoms with Gasteiger partial charge in [-0.1, -0.05) is 0 Å². The van der Waals surface area contributed by atoms with Crippen LogP contribution in [0.5, 0.6) is 0 Å². The second-order valence-corrected chi connectivity index (χ2v) is 8.32. The van der Waals surface area contributed by atoms with E-state index in [4.69, 9.17) is 4.74 Å². The fourth-order valence-corrected chi connectivity index (χ4v) is 5.18. The van der Waals surface area contributed by atoms with E-state index in [0.717, 1.165) is 31.7 Å². The molecule has 3 aliphatic heterocycles. The molecular weight excluding hydrogens is 411 g/mol. The molecule has 3 aliphatic rings. The van der Waals surface area contributed by atoms with Gasteiger partial charge in [-0.3, -0.25) is 4.90 Å². The van der Waals surface area contributed by atoms with Crippen LogP contribution in [-0.4, -0.2) is 71.8 Å². The molecule has 0 saturated carbocycles. The number of piperidine rings is 1. The summed E-state index contributed by atoms with van der Waals surface area (Å²) in [5.74, 6) is 0.106. The monoisotopic (exact) mass is 437 g/mol. The van der Waals surface area contributed by atoms with Crippen LogP contribution >= 0.6 is 0 Å². The molecule has 0 radical (unpaired) electrons. The Hall–Kier alpha value is -2.54. The summed E-state index contributed by atoms with van der Waals surface area (Å²) in [5, 5.41) is 9.32. The molecule has 0 N–H and O–H groups in total. The Bertz CT molecular complexity index is 850. The summed E-state index contributed by atoms with van der Waals surface area (Å²) in [6, 6.07) is 4.73. The van der Waals surface area contributed by atoms with Gasteiger partial charge in [0, 0.05) is 44.3 Å². The summed E-state index contributed by atoms with van der Waals surface area (Å²) in [6.45, 7) is 4.57. The third kappa shape index (κ3) is 4.28. The minimum atomic E-state index is -4.54. The maximum atomic E-state index is 13.1. The first-order chi connectivity index (χ1) is 14.8. The highest BCUT2D eigenvalue weighted by molar-refractivity contribution is 5.69. The summed E-state index contributed by atoms with van der Waals surface area (Å²) in [4.78, 5) is 22.1. The van der Waals surface area contributed by atoms with Crippen LogP contribution in [-0.2, 0) is 10.9 Å². The zero-order valence-corrected chi connectivity index (χ0v) is 17.4. The number of pyridine rings is 1. The topological polar surface area (TPSA) is 72.7 Å². The number of hydrogen-bond donors (Lipinski definition) is 0. The minimum Gasteiger partial charge on any atom is -0.450 e. The minimum absolute atomic E-state index is 0.106. The van der Waals surface area contributed by atoms with Gasteiger partial charge in [-0.15, -0.1) is 0 Å². The average molecular weight is 437 g/mol. The molecule has 1 amide bonds. The number of carbonyl (C=O) groups is 1. The lowest BCUT2D eigenvalue weighted by Gasteiger charge is -2.45. The van der Waals surface area contributed by atoms with Crippen LogP contribution in [0.3, 0.4) is 0 Å². The molecule has 2 atom stereocenters. The largest absolute Gasteiger partial charge is 0.450 e. The molecule has 1 aromatic rings. The van der Waals surface area contributed by atoms with Gasteiger partial charge in [0.15, 0.2) is 0 Å². The Kier molecular flexibility index (Phi) is 5.97. The fraction of sp³-hybridized carbons (Fsp3) is 0.667. The van der Waals surface area contributed by atoms with E-state index in [1.807, 2.05) is 17.9 Å². The molecular formula is C21H26F3N5O2. The standard InChI is InChI=1S/C21H26F3N5O2/c1-2-31-20(30)29-15-4-5-16(29)12-17(11-15)27-7-9-28(10-8-27)19-14(13-25)3-6-18(26-19)21(22,23)24/h3,6,15-17H,2,4-5,7-12H2,1H3. The van der Waals surface area contributed by atoms with Crippen LogP contribution in [0.2, 0.25) is 0 Å². The lowest BCUT2D eigenvalue weighted by molar-refractivity contribution is -0.141. The van der Waals surface area contributed by atoms with Crippen molar-refractivity contribution in [1.29, 1.82) is 5.26 Å². The third-order valence-electron chi connectivity index (χ3n) is 6.60. The second kappa shape index (κ2) is 8.54. The molecule has 2 unspecified atom stereocenters. The van der Waals surface area contributed by atoms with Gasteiger partial charge in [-0.25, -0.2) is 9.78 Å². The number of anilines is 1. The predicted molar refractivity (Wildman–Crippen MR) is 106 cm³/mol. The highest BCUT2D eigenvalue weighted by Crippen LogP contribution is 2.38. The maximum absolute atomic E-state index is 13.1. The molecule has 168 valence electrons. The van der Waals surface area contributed by atoms with Crippen molar-refractivity contribution < 1.29 is 22.7 Å². The van der Waals surface area contributed by atoms with Crippen molar-refractivity contribution >= 4 is 11.9 Å². The molecule has 4 heterocycles. The van der Waals surface area contributed by atoms with Crippen molar-refractivity contribution in [2.24, 2.45) is 0 Å². The smallest absolute Gasteiger partial charge is 0.433 e. The van der Waals surface area contributed by atoms with Crippen molar-refractivity contribution in [1.82, 2.24) is 14.8 Å². The molecule has 0 aliphatic carbocycles. The number of aromatic nitrogens is 1. The molecule has 1 aromatic heterocycles. The molecule has 0 aromatic carbocycles. The lowest BCUT2D eigenvalue weighted by atomic mass is 9.95. The van der Waals surface area contributed by atoms with E-state index in [-0.39, 0.29) is 29.6 Å². The van der Waals surface area contributed by atoms with Crippen LogP contribution < -0.4 is 4.90 Å². The van der Waals surface area contributed by atoms with Crippen LogP contribution in [0.15, 0.2) is 12.1 Å². The predicted octanol–water partition coefficient (Wildman–Crippen LogP) is 3.25. The number of hydrogen-bond acceptors (Lipinski definition) is 6. The summed E-state index contributed by atoms with van der Waals surface area (Å²) >= 11 is 0.